The van der Waals surface area contributed by atoms with Crippen molar-refractivity contribution < 1.29 is 4.39 Å². The predicted molar refractivity (Wildman–Crippen MR) is 54.3 cm³/mol. The van der Waals surface area contributed by atoms with E-state index in [2.05, 4.69) is 15.9 Å². The van der Waals surface area contributed by atoms with Gasteiger partial charge in [0.1, 0.15) is 0 Å². The van der Waals surface area contributed by atoms with Crippen molar-refractivity contribution in [3.63, 3.8) is 0 Å². The lowest BCUT2D eigenvalue weighted by molar-refractivity contribution is 0.509. The first kappa shape index (κ1) is 11.2. The lowest BCUT2D eigenvalue weighted by Gasteiger charge is -2.05. The SMILES string of the molecule is Cn1cc(F)c(=O)n(CCCBr)c1=O. The van der Waals surface area contributed by atoms with Gasteiger partial charge in [0.2, 0.25) is 5.82 Å². The van der Waals surface area contributed by atoms with Crippen LogP contribution < -0.4 is 11.2 Å². The molecule has 0 bridgehead atoms. The van der Waals surface area contributed by atoms with Crippen LogP contribution in [-0.2, 0) is 13.6 Å². The summed E-state index contributed by atoms with van der Waals surface area (Å²) in [5.41, 5.74) is -1.34. The molecule has 0 amide bonds. The standard InChI is InChI=1S/C8H10BrFN2O2/c1-11-5-6(10)7(13)12(8(11)14)4-2-3-9/h5H,2-4H2,1H3. The minimum absolute atomic E-state index is 0.231. The molecule has 0 fully saturated rings. The summed E-state index contributed by atoms with van der Waals surface area (Å²) >= 11 is 3.18. The van der Waals surface area contributed by atoms with Gasteiger partial charge in [0.25, 0.3) is 5.56 Å². The van der Waals surface area contributed by atoms with Crippen LogP contribution >= 0.6 is 15.9 Å². The molecule has 0 unspecified atom stereocenters. The summed E-state index contributed by atoms with van der Waals surface area (Å²) in [5, 5.41) is 0.666. The van der Waals surface area contributed by atoms with Crippen molar-refractivity contribution in [2.45, 2.75) is 13.0 Å². The third kappa shape index (κ3) is 2.12. The highest BCUT2D eigenvalue weighted by atomic mass is 79.9. The summed E-state index contributed by atoms with van der Waals surface area (Å²) < 4.78 is 14.9. The third-order valence-electron chi connectivity index (χ3n) is 1.80. The molecule has 0 aliphatic rings. The van der Waals surface area contributed by atoms with E-state index in [1.807, 2.05) is 0 Å². The molecular formula is C8H10BrFN2O2. The molecule has 0 atom stereocenters. The van der Waals surface area contributed by atoms with Gasteiger partial charge in [-0.25, -0.2) is 4.79 Å². The van der Waals surface area contributed by atoms with E-state index in [4.69, 9.17) is 0 Å². The minimum atomic E-state index is -0.901. The molecule has 6 heteroatoms. The topological polar surface area (TPSA) is 44.0 Å². The van der Waals surface area contributed by atoms with Crippen LogP contribution in [0.25, 0.3) is 0 Å². The number of rotatable bonds is 3. The molecule has 0 aromatic carbocycles. The first-order chi connectivity index (χ1) is 6.57. The van der Waals surface area contributed by atoms with Crippen LogP contribution in [0.15, 0.2) is 15.8 Å². The zero-order valence-corrected chi connectivity index (χ0v) is 9.25. The van der Waals surface area contributed by atoms with Crippen molar-refractivity contribution in [2.24, 2.45) is 7.05 Å². The zero-order chi connectivity index (χ0) is 10.7. The van der Waals surface area contributed by atoms with Crippen LogP contribution in [0.1, 0.15) is 6.42 Å². The molecule has 1 aromatic rings. The average Bonchev–Trinajstić information content (AvgIpc) is 2.15. The Balaban J connectivity index is 3.26. The fourth-order valence-corrected chi connectivity index (χ4v) is 1.35. The first-order valence-corrected chi connectivity index (χ1v) is 5.22. The van der Waals surface area contributed by atoms with Crippen LogP contribution in [0.3, 0.4) is 0 Å². The molecular weight excluding hydrogens is 255 g/mol. The van der Waals surface area contributed by atoms with Crippen LogP contribution in [0.4, 0.5) is 4.39 Å². The van der Waals surface area contributed by atoms with E-state index in [0.29, 0.717) is 11.8 Å². The summed E-state index contributed by atoms with van der Waals surface area (Å²) in [6, 6.07) is 0. The van der Waals surface area contributed by atoms with Gasteiger partial charge in [0.05, 0.1) is 0 Å². The van der Waals surface area contributed by atoms with E-state index in [0.717, 1.165) is 15.3 Å². The van der Waals surface area contributed by atoms with Crippen molar-refractivity contribution in [1.82, 2.24) is 9.13 Å². The molecule has 78 valence electrons. The predicted octanol–water partition coefficient (Wildman–Crippen LogP) is 0.471. The summed E-state index contributed by atoms with van der Waals surface area (Å²) in [7, 11) is 1.41. The lowest BCUT2D eigenvalue weighted by Crippen LogP contribution is -2.40. The van der Waals surface area contributed by atoms with Crippen LogP contribution in [0.2, 0.25) is 0 Å². The fraction of sp³-hybridized carbons (Fsp3) is 0.500. The molecule has 1 heterocycles. The van der Waals surface area contributed by atoms with E-state index in [9.17, 15) is 14.0 Å². The summed E-state index contributed by atoms with van der Waals surface area (Å²) in [4.78, 5) is 22.6. The van der Waals surface area contributed by atoms with Gasteiger partial charge in [0.15, 0.2) is 0 Å². The van der Waals surface area contributed by atoms with Gasteiger partial charge in [-0.1, -0.05) is 15.9 Å². The summed E-state index contributed by atoms with van der Waals surface area (Å²) in [5.74, 6) is -0.901. The Morgan fingerprint density at radius 1 is 1.50 bits per heavy atom. The van der Waals surface area contributed by atoms with E-state index in [1.165, 1.54) is 7.05 Å². The number of nitrogens with zero attached hydrogens (tertiary/aromatic N) is 2. The Labute approximate surface area is 88.1 Å². The Hall–Kier alpha value is -0.910. The second kappa shape index (κ2) is 4.54. The molecule has 4 nitrogen and oxygen atoms in total. The fourth-order valence-electron chi connectivity index (χ4n) is 1.10. The number of halogens is 2. The van der Waals surface area contributed by atoms with Crippen LogP contribution in [0.5, 0.6) is 0 Å². The van der Waals surface area contributed by atoms with Crippen molar-refractivity contribution in [1.29, 1.82) is 0 Å². The van der Waals surface area contributed by atoms with Gasteiger partial charge >= 0.3 is 5.69 Å². The molecule has 0 aliphatic heterocycles. The minimum Gasteiger partial charge on any atom is -0.301 e. The first-order valence-electron chi connectivity index (χ1n) is 4.10. The highest BCUT2D eigenvalue weighted by Gasteiger charge is 2.08. The molecule has 0 aliphatic carbocycles. The monoisotopic (exact) mass is 264 g/mol. The van der Waals surface area contributed by atoms with Crippen molar-refractivity contribution in [3.8, 4) is 0 Å². The summed E-state index contributed by atoms with van der Waals surface area (Å²) in [6.45, 7) is 0.231. The maximum Gasteiger partial charge on any atom is 0.330 e. The maximum absolute atomic E-state index is 12.9. The molecule has 0 spiro atoms. The van der Waals surface area contributed by atoms with E-state index >= 15 is 0 Å². The molecule has 0 radical (unpaired) electrons. The molecule has 0 saturated carbocycles. The Kier molecular flexibility index (Phi) is 3.62. The van der Waals surface area contributed by atoms with Crippen molar-refractivity contribution in [2.75, 3.05) is 5.33 Å². The van der Waals surface area contributed by atoms with Crippen molar-refractivity contribution in [3.05, 3.63) is 32.9 Å². The number of aromatic nitrogens is 2. The smallest absolute Gasteiger partial charge is 0.301 e. The second-order valence-corrected chi connectivity index (χ2v) is 3.66. The van der Waals surface area contributed by atoms with Gasteiger partial charge in [-0.3, -0.25) is 9.36 Å². The van der Waals surface area contributed by atoms with Gasteiger partial charge in [-0.15, -0.1) is 0 Å². The quantitative estimate of drug-likeness (QED) is 0.746. The van der Waals surface area contributed by atoms with Gasteiger partial charge in [-0.2, -0.15) is 4.39 Å². The lowest BCUT2D eigenvalue weighted by atomic mass is 10.4. The highest BCUT2D eigenvalue weighted by molar-refractivity contribution is 9.09. The molecule has 1 rings (SSSR count). The molecule has 0 saturated heterocycles. The molecule has 0 N–H and O–H groups in total. The van der Waals surface area contributed by atoms with E-state index in [-0.39, 0.29) is 6.54 Å². The third-order valence-corrected chi connectivity index (χ3v) is 2.37. The number of alkyl halides is 1. The summed E-state index contributed by atoms with van der Waals surface area (Å²) in [6.07, 6.45) is 1.51. The normalized spacial score (nSPS) is 10.5. The Morgan fingerprint density at radius 2 is 2.14 bits per heavy atom. The molecule has 1 aromatic heterocycles. The van der Waals surface area contributed by atoms with E-state index in [1.54, 1.807) is 0 Å². The van der Waals surface area contributed by atoms with E-state index < -0.39 is 17.1 Å². The van der Waals surface area contributed by atoms with Gasteiger partial charge in [-0.05, 0) is 6.42 Å². The Bertz CT molecular complexity index is 404. The van der Waals surface area contributed by atoms with Crippen LogP contribution in [-0.4, -0.2) is 14.5 Å². The van der Waals surface area contributed by atoms with Crippen molar-refractivity contribution >= 4 is 15.9 Å². The second-order valence-electron chi connectivity index (χ2n) is 2.87. The molecule has 14 heavy (non-hydrogen) atoms. The van der Waals surface area contributed by atoms with Crippen LogP contribution in [0, 0.1) is 5.82 Å². The number of hydrogen-bond donors (Lipinski definition) is 0. The van der Waals surface area contributed by atoms with Gasteiger partial charge < -0.3 is 4.57 Å². The number of aryl methyl sites for hydroxylation is 1. The Morgan fingerprint density at radius 3 is 2.71 bits per heavy atom. The average molecular weight is 265 g/mol. The maximum atomic E-state index is 12.9. The number of hydrogen-bond acceptors (Lipinski definition) is 2. The largest absolute Gasteiger partial charge is 0.330 e. The highest BCUT2D eigenvalue weighted by Crippen LogP contribution is 1.90. The van der Waals surface area contributed by atoms with Gasteiger partial charge in [0, 0.05) is 25.1 Å². The zero-order valence-electron chi connectivity index (χ0n) is 7.67.